The van der Waals surface area contributed by atoms with Crippen LogP contribution in [0.3, 0.4) is 0 Å². The van der Waals surface area contributed by atoms with Gasteiger partial charge < -0.3 is 45.0 Å². The third kappa shape index (κ3) is 30.0. The molecule has 0 aromatic heterocycles. The van der Waals surface area contributed by atoms with Crippen molar-refractivity contribution >= 4 is 19.8 Å². The number of carbonyl (C=O) groups is 2. The van der Waals surface area contributed by atoms with Crippen molar-refractivity contribution in [2.75, 3.05) is 13.2 Å². The molecule has 0 heterocycles. The van der Waals surface area contributed by atoms with Gasteiger partial charge in [0.05, 0.1) is 12.7 Å². The average Bonchev–Trinajstić information content (AvgIpc) is 3.27. The first-order valence-electron chi connectivity index (χ1n) is 23.1. The Balaban J connectivity index is 2.61. The Morgan fingerprint density at radius 3 is 1.53 bits per heavy atom. The van der Waals surface area contributed by atoms with Crippen molar-refractivity contribution in [1.82, 2.24) is 0 Å². The van der Waals surface area contributed by atoms with Crippen LogP contribution in [0.2, 0.25) is 0 Å². The van der Waals surface area contributed by atoms with Gasteiger partial charge in [-0.25, -0.2) is 4.57 Å². The standard InChI is InChI=1S/C49H79O14P/c1-3-5-7-9-11-13-15-17-18-19-20-22-24-26-28-30-32-36-42(51)60-38-41(39-61-64(58,59)63-49-47(56)45(54)44(53)46(55)48(49)57)62-43(52)37-33-35-40(50)34-31-29-27-25-23-21-16-14-12-10-8-6-4-2/h11-14,17-18,20-23,26-29,31,34,40-41,44-50,53-57H,3-10,15-16,19,24-25,30,32-33,35-39H2,1-2H3,(H,58,59)/b13-11-,14-12-,18-17-,22-20-,23-21-,28-26-,29-27-,34-31+/t40-,41+,44?,45-,46+,47+,48+,49?/m0/s1. The van der Waals surface area contributed by atoms with Crippen LogP contribution in [-0.4, -0.2) is 110 Å². The molecular weight excluding hydrogens is 843 g/mol. The molecule has 14 nitrogen and oxygen atoms in total. The number of phosphoric ester groups is 1. The maximum atomic E-state index is 12.8. The van der Waals surface area contributed by atoms with Crippen LogP contribution in [0.4, 0.5) is 0 Å². The summed E-state index contributed by atoms with van der Waals surface area (Å²) in [4.78, 5) is 35.7. The topological polar surface area (TPSA) is 230 Å². The first kappa shape index (κ1) is 58.7. The van der Waals surface area contributed by atoms with Gasteiger partial charge in [-0.05, 0) is 83.5 Å². The van der Waals surface area contributed by atoms with Gasteiger partial charge in [0, 0.05) is 12.8 Å². The van der Waals surface area contributed by atoms with Crippen LogP contribution in [0.5, 0.6) is 0 Å². The molecule has 1 fully saturated rings. The highest BCUT2D eigenvalue weighted by Crippen LogP contribution is 2.47. The maximum absolute atomic E-state index is 12.8. The number of aliphatic hydroxyl groups excluding tert-OH is 6. The van der Waals surface area contributed by atoms with E-state index >= 15 is 0 Å². The number of carbonyl (C=O) groups excluding carboxylic acids is 2. The number of hydrogen-bond acceptors (Lipinski definition) is 13. The van der Waals surface area contributed by atoms with Gasteiger partial charge in [0.2, 0.25) is 0 Å². The van der Waals surface area contributed by atoms with Crippen LogP contribution in [0, 0.1) is 0 Å². The van der Waals surface area contributed by atoms with Gasteiger partial charge in [-0.3, -0.25) is 18.6 Å². The van der Waals surface area contributed by atoms with Crippen molar-refractivity contribution in [2.24, 2.45) is 0 Å². The van der Waals surface area contributed by atoms with Gasteiger partial charge in [0.25, 0.3) is 0 Å². The zero-order valence-electron chi connectivity index (χ0n) is 38.1. The molecule has 0 aliphatic heterocycles. The van der Waals surface area contributed by atoms with E-state index in [4.69, 9.17) is 18.5 Å². The summed E-state index contributed by atoms with van der Waals surface area (Å²) < 4.78 is 33.3. The van der Waals surface area contributed by atoms with E-state index in [-0.39, 0.29) is 25.7 Å². The Kier molecular flexibility index (Phi) is 34.8. The zero-order chi connectivity index (χ0) is 47.3. The molecule has 0 spiro atoms. The van der Waals surface area contributed by atoms with Crippen molar-refractivity contribution in [3.63, 3.8) is 0 Å². The number of ether oxygens (including phenoxy) is 2. The monoisotopic (exact) mass is 923 g/mol. The normalized spacial score (nSPS) is 23.0. The molecule has 3 unspecified atom stereocenters. The van der Waals surface area contributed by atoms with E-state index in [1.807, 2.05) is 24.3 Å². The summed E-state index contributed by atoms with van der Waals surface area (Å²) in [5.74, 6) is -1.38. The predicted molar refractivity (Wildman–Crippen MR) is 250 cm³/mol. The summed E-state index contributed by atoms with van der Waals surface area (Å²) in [5.41, 5.74) is 0. The molecule has 0 bridgehead atoms. The predicted octanol–water partition coefficient (Wildman–Crippen LogP) is 8.02. The fourth-order valence-electron chi connectivity index (χ4n) is 6.20. The van der Waals surface area contributed by atoms with Crippen LogP contribution in [0.1, 0.15) is 136 Å². The molecule has 9 atom stereocenters. The second kappa shape index (κ2) is 37.9. The Bertz CT molecular complexity index is 1500. The van der Waals surface area contributed by atoms with Crippen molar-refractivity contribution in [3.8, 4) is 0 Å². The third-order valence-electron chi connectivity index (χ3n) is 10.0. The van der Waals surface area contributed by atoms with Crippen molar-refractivity contribution in [3.05, 3.63) is 97.2 Å². The highest BCUT2D eigenvalue weighted by atomic mass is 31.2. The SMILES string of the molecule is CCCCC/C=C\C/C=C\C/C=C\C=C\[C@H](O)CCCC(=O)O[C@H](COC(=O)CCC/C=C\C/C=C\C/C=C\C/C=C\CCCCC)COP(=O)(O)OC1[C@H](O)[C@H](O)C(O)[C@H](O)[C@H]1O. The summed E-state index contributed by atoms with van der Waals surface area (Å²) in [5, 5.41) is 60.5. The van der Waals surface area contributed by atoms with Crippen LogP contribution in [0.15, 0.2) is 97.2 Å². The summed E-state index contributed by atoms with van der Waals surface area (Å²) in [6.07, 6.45) is 33.4. The molecule has 364 valence electrons. The average molecular weight is 923 g/mol. The second-order valence-electron chi connectivity index (χ2n) is 15.7. The summed E-state index contributed by atoms with van der Waals surface area (Å²) >= 11 is 0. The number of phosphoric acid groups is 1. The quantitative estimate of drug-likeness (QED) is 0.0104. The van der Waals surface area contributed by atoms with Crippen molar-refractivity contribution < 1.29 is 68.2 Å². The van der Waals surface area contributed by atoms with E-state index in [0.29, 0.717) is 12.8 Å². The first-order chi connectivity index (χ1) is 30.8. The Hall–Kier alpha value is -3.27. The third-order valence-corrected chi connectivity index (χ3v) is 11.0. The van der Waals surface area contributed by atoms with E-state index in [1.54, 1.807) is 12.2 Å². The van der Waals surface area contributed by atoms with E-state index in [9.17, 15) is 49.7 Å². The Labute approximate surface area is 382 Å². The fourth-order valence-corrected chi connectivity index (χ4v) is 7.18. The minimum absolute atomic E-state index is 0.0449. The minimum atomic E-state index is -5.19. The highest BCUT2D eigenvalue weighted by molar-refractivity contribution is 7.47. The lowest BCUT2D eigenvalue weighted by molar-refractivity contribution is -0.220. The van der Waals surface area contributed by atoms with Gasteiger partial charge in [-0.15, -0.1) is 0 Å². The summed E-state index contributed by atoms with van der Waals surface area (Å²) in [6.45, 7) is 3.01. The molecule has 0 saturated heterocycles. The minimum Gasteiger partial charge on any atom is -0.462 e. The fraction of sp³-hybridized carbons (Fsp3) is 0.633. The summed E-state index contributed by atoms with van der Waals surface area (Å²) in [6, 6.07) is 0. The van der Waals surface area contributed by atoms with Gasteiger partial charge in [-0.2, -0.15) is 0 Å². The van der Waals surface area contributed by atoms with Gasteiger partial charge in [0.1, 0.15) is 43.2 Å². The van der Waals surface area contributed by atoms with Crippen LogP contribution < -0.4 is 0 Å². The largest absolute Gasteiger partial charge is 0.472 e. The van der Waals surface area contributed by atoms with Gasteiger partial charge in [0.15, 0.2) is 6.10 Å². The van der Waals surface area contributed by atoms with Crippen LogP contribution in [-0.2, 0) is 32.7 Å². The number of esters is 2. The molecule has 64 heavy (non-hydrogen) atoms. The molecule has 0 aromatic rings. The van der Waals surface area contributed by atoms with Crippen molar-refractivity contribution in [1.29, 1.82) is 0 Å². The number of rotatable bonds is 36. The second-order valence-corrected chi connectivity index (χ2v) is 17.2. The van der Waals surface area contributed by atoms with E-state index < -0.39 is 81.8 Å². The van der Waals surface area contributed by atoms with E-state index in [1.165, 1.54) is 38.5 Å². The summed E-state index contributed by atoms with van der Waals surface area (Å²) in [7, 11) is -5.19. The van der Waals surface area contributed by atoms with E-state index in [2.05, 4.69) is 74.6 Å². The van der Waals surface area contributed by atoms with Crippen molar-refractivity contribution in [2.45, 2.75) is 185 Å². The molecule has 0 amide bonds. The molecule has 15 heteroatoms. The Morgan fingerprint density at radius 2 is 1.02 bits per heavy atom. The molecule has 0 aromatic carbocycles. The van der Waals surface area contributed by atoms with Gasteiger partial charge in [-0.1, -0.05) is 137 Å². The molecule has 7 N–H and O–H groups in total. The lowest BCUT2D eigenvalue weighted by atomic mass is 9.85. The zero-order valence-corrected chi connectivity index (χ0v) is 39.0. The van der Waals surface area contributed by atoms with Crippen LogP contribution >= 0.6 is 7.82 Å². The number of aliphatic hydroxyl groups is 6. The lowest BCUT2D eigenvalue weighted by Crippen LogP contribution is -2.64. The lowest BCUT2D eigenvalue weighted by Gasteiger charge is -2.41. The smallest absolute Gasteiger partial charge is 0.462 e. The molecule has 1 aliphatic rings. The highest BCUT2D eigenvalue weighted by Gasteiger charge is 2.51. The number of allylic oxidation sites excluding steroid dienone is 15. The molecular formula is C49H79O14P. The first-order valence-corrected chi connectivity index (χ1v) is 24.6. The molecule has 1 saturated carbocycles. The number of unbranched alkanes of at least 4 members (excludes halogenated alkanes) is 7. The maximum Gasteiger partial charge on any atom is 0.472 e. The van der Waals surface area contributed by atoms with Crippen LogP contribution in [0.25, 0.3) is 0 Å². The Morgan fingerprint density at radius 1 is 0.562 bits per heavy atom. The van der Waals surface area contributed by atoms with E-state index in [0.717, 1.165) is 44.9 Å². The molecule has 1 rings (SSSR count). The van der Waals surface area contributed by atoms with Gasteiger partial charge >= 0.3 is 19.8 Å². The number of hydrogen-bond donors (Lipinski definition) is 7. The molecule has 1 aliphatic carbocycles. The molecule has 0 radical (unpaired) electrons.